The maximum atomic E-state index is 12.4. The minimum atomic E-state index is -0.0836. The van der Waals surface area contributed by atoms with Crippen molar-refractivity contribution in [3.63, 3.8) is 0 Å². The van der Waals surface area contributed by atoms with E-state index in [1.54, 1.807) is 12.0 Å². The number of carbonyl (C=O) groups is 1. The van der Waals surface area contributed by atoms with E-state index in [9.17, 15) is 9.90 Å². The Hall–Kier alpha value is -1.59. The Morgan fingerprint density at radius 2 is 2.09 bits per heavy atom. The van der Waals surface area contributed by atoms with Gasteiger partial charge in [0.25, 0.3) is 0 Å². The minimum Gasteiger partial charge on any atom is -0.396 e. The Bertz CT molecular complexity index is 513. The predicted molar refractivity (Wildman–Crippen MR) is 91.5 cm³/mol. The van der Waals surface area contributed by atoms with E-state index in [4.69, 9.17) is 4.74 Å². The average molecular weight is 320 g/mol. The van der Waals surface area contributed by atoms with Gasteiger partial charge in [-0.3, -0.25) is 0 Å². The summed E-state index contributed by atoms with van der Waals surface area (Å²) in [7, 11) is 3.52. The predicted octanol–water partition coefficient (Wildman–Crippen LogP) is 3.41. The molecular formula is C18H28N2O3. The zero-order chi connectivity index (χ0) is 16.8. The van der Waals surface area contributed by atoms with Gasteiger partial charge >= 0.3 is 6.03 Å². The van der Waals surface area contributed by atoms with Crippen molar-refractivity contribution in [1.82, 2.24) is 4.90 Å². The third-order valence-corrected chi connectivity index (χ3v) is 4.90. The molecule has 0 spiro atoms. The molecular weight excluding hydrogens is 292 g/mol. The van der Waals surface area contributed by atoms with E-state index in [1.807, 2.05) is 38.2 Å². The molecule has 0 bridgehead atoms. The smallest absolute Gasteiger partial charge is 0.321 e. The molecule has 5 heteroatoms. The number of rotatable bonds is 5. The first-order chi connectivity index (χ1) is 11.0. The highest BCUT2D eigenvalue weighted by Crippen LogP contribution is 2.27. The number of carbonyl (C=O) groups excluding carboxylic acids is 1. The standard InChI is InChI=1S/C18H28N2O3/c1-13(23-3)15-5-4-6-16(11-15)19-18(22)20(2)17-9-7-14(12-21)8-10-17/h4-6,11,13-14,17,21H,7-10,12H2,1-3H3,(H,19,22). The summed E-state index contributed by atoms with van der Waals surface area (Å²) >= 11 is 0. The summed E-state index contributed by atoms with van der Waals surface area (Å²) in [5.41, 5.74) is 1.82. The third-order valence-electron chi connectivity index (χ3n) is 4.90. The van der Waals surface area contributed by atoms with Gasteiger partial charge in [-0.15, -0.1) is 0 Å². The number of nitrogens with one attached hydrogen (secondary N) is 1. The minimum absolute atomic E-state index is 0.00154. The van der Waals surface area contributed by atoms with Crippen LogP contribution in [0.15, 0.2) is 24.3 Å². The van der Waals surface area contributed by atoms with Crippen LogP contribution < -0.4 is 5.32 Å². The number of benzene rings is 1. The van der Waals surface area contributed by atoms with Crippen LogP contribution in [0.3, 0.4) is 0 Å². The van der Waals surface area contributed by atoms with Crippen LogP contribution >= 0.6 is 0 Å². The van der Waals surface area contributed by atoms with Crippen molar-refractivity contribution in [2.45, 2.75) is 44.8 Å². The van der Waals surface area contributed by atoms with Crippen molar-refractivity contribution < 1.29 is 14.6 Å². The topological polar surface area (TPSA) is 61.8 Å². The molecule has 128 valence electrons. The van der Waals surface area contributed by atoms with Crippen LogP contribution in [0.2, 0.25) is 0 Å². The number of urea groups is 1. The highest BCUT2D eigenvalue weighted by Gasteiger charge is 2.26. The summed E-state index contributed by atoms with van der Waals surface area (Å²) in [6, 6.07) is 7.91. The Morgan fingerprint density at radius 1 is 1.39 bits per heavy atom. The highest BCUT2D eigenvalue weighted by molar-refractivity contribution is 5.89. The van der Waals surface area contributed by atoms with Crippen LogP contribution in [-0.4, -0.2) is 42.8 Å². The van der Waals surface area contributed by atoms with Gasteiger partial charge < -0.3 is 20.1 Å². The number of methoxy groups -OCH3 is 1. The third kappa shape index (κ3) is 4.69. The molecule has 2 rings (SSSR count). The number of aliphatic hydroxyl groups is 1. The maximum Gasteiger partial charge on any atom is 0.321 e. The Kier molecular flexibility index (Phi) is 6.42. The lowest BCUT2D eigenvalue weighted by molar-refractivity contribution is 0.119. The first kappa shape index (κ1) is 17.8. The first-order valence-electron chi connectivity index (χ1n) is 8.32. The van der Waals surface area contributed by atoms with Gasteiger partial charge in [-0.2, -0.15) is 0 Å². The lowest BCUT2D eigenvalue weighted by Gasteiger charge is -2.34. The van der Waals surface area contributed by atoms with Crippen molar-refractivity contribution in [3.05, 3.63) is 29.8 Å². The molecule has 23 heavy (non-hydrogen) atoms. The van der Waals surface area contributed by atoms with Crippen LogP contribution in [-0.2, 0) is 4.74 Å². The van der Waals surface area contributed by atoms with E-state index >= 15 is 0 Å². The zero-order valence-corrected chi connectivity index (χ0v) is 14.3. The van der Waals surface area contributed by atoms with Crippen LogP contribution in [0.25, 0.3) is 0 Å². The molecule has 1 aliphatic carbocycles. The molecule has 1 aromatic rings. The van der Waals surface area contributed by atoms with E-state index in [2.05, 4.69) is 5.32 Å². The first-order valence-corrected chi connectivity index (χ1v) is 8.32. The van der Waals surface area contributed by atoms with Crippen LogP contribution in [0.4, 0.5) is 10.5 Å². The summed E-state index contributed by atoms with van der Waals surface area (Å²) < 4.78 is 5.32. The summed E-state index contributed by atoms with van der Waals surface area (Å²) in [4.78, 5) is 14.2. The lowest BCUT2D eigenvalue weighted by atomic mass is 9.86. The molecule has 0 saturated heterocycles. The quantitative estimate of drug-likeness (QED) is 0.874. The van der Waals surface area contributed by atoms with Gasteiger partial charge in [0.15, 0.2) is 0 Å². The Balaban J connectivity index is 1.93. The largest absolute Gasteiger partial charge is 0.396 e. The van der Waals surface area contributed by atoms with Crippen molar-refractivity contribution in [1.29, 1.82) is 0 Å². The molecule has 0 aromatic heterocycles. The van der Waals surface area contributed by atoms with E-state index in [0.717, 1.165) is 36.9 Å². The number of hydrogen-bond acceptors (Lipinski definition) is 3. The Labute approximate surface area is 138 Å². The second-order valence-corrected chi connectivity index (χ2v) is 6.40. The van der Waals surface area contributed by atoms with E-state index in [1.165, 1.54) is 0 Å². The van der Waals surface area contributed by atoms with E-state index < -0.39 is 0 Å². The van der Waals surface area contributed by atoms with Crippen LogP contribution in [0, 0.1) is 5.92 Å². The molecule has 1 saturated carbocycles. The lowest BCUT2D eigenvalue weighted by Crippen LogP contribution is -2.42. The van der Waals surface area contributed by atoms with Crippen molar-refractivity contribution in [2.75, 3.05) is 26.1 Å². The molecule has 2 N–H and O–H groups in total. The molecule has 0 radical (unpaired) electrons. The molecule has 0 aliphatic heterocycles. The van der Waals surface area contributed by atoms with Crippen molar-refractivity contribution in [2.24, 2.45) is 5.92 Å². The maximum absolute atomic E-state index is 12.4. The molecule has 5 nitrogen and oxygen atoms in total. The van der Waals surface area contributed by atoms with Gasteiger partial charge in [0.2, 0.25) is 0 Å². The second-order valence-electron chi connectivity index (χ2n) is 6.40. The monoisotopic (exact) mass is 320 g/mol. The average Bonchev–Trinajstić information content (AvgIpc) is 2.60. The molecule has 1 aromatic carbocycles. The number of hydrogen-bond donors (Lipinski definition) is 2. The van der Waals surface area contributed by atoms with Crippen LogP contribution in [0.1, 0.15) is 44.3 Å². The van der Waals surface area contributed by atoms with Crippen molar-refractivity contribution in [3.8, 4) is 0 Å². The zero-order valence-electron chi connectivity index (χ0n) is 14.3. The fraction of sp³-hybridized carbons (Fsp3) is 0.611. The summed E-state index contributed by atoms with van der Waals surface area (Å²) in [6.45, 7) is 2.24. The van der Waals surface area contributed by atoms with Gasteiger partial charge in [-0.05, 0) is 56.2 Å². The van der Waals surface area contributed by atoms with Gasteiger partial charge in [0.1, 0.15) is 0 Å². The van der Waals surface area contributed by atoms with Gasteiger partial charge in [-0.1, -0.05) is 12.1 Å². The fourth-order valence-electron chi connectivity index (χ4n) is 3.10. The summed E-state index contributed by atoms with van der Waals surface area (Å²) in [5.74, 6) is 0.398. The van der Waals surface area contributed by atoms with Gasteiger partial charge in [0.05, 0.1) is 6.10 Å². The van der Waals surface area contributed by atoms with E-state index in [0.29, 0.717) is 5.92 Å². The molecule has 1 aliphatic rings. The molecule has 1 unspecified atom stereocenters. The normalized spacial score (nSPS) is 22.4. The molecule has 1 atom stereocenters. The number of nitrogens with zero attached hydrogens (tertiary/aromatic N) is 1. The number of aliphatic hydroxyl groups excluding tert-OH is 1. The SMILES string of the molecule is COC(C)c1cccc(NC(=O)N(C)C2CCC(CO)CC2)c1. The van der Waals surface area contributed by atoms with Gasteiger partial charge in [0, 0.05) is 32.5 Å². The summed E-state index contributed by atoms with van der Waals surface area (Å²) in [5, 5.41) is 12.2. The molecule has 0 heterocycles. The fourth-order valence-corrected chi connectivity index (χ4v) is 3.10. The number of amides is 2. The van der Waals surface area contributed by atoms with Crippen LogP contribution in [0.5, 0.6) is 0 Å². The highest BCUT2D eigenvalue weighted by atomic mass is 16.5. The van der Waals surface area contributed by atoms with E-state index in [-0.39, 0.29) is 24.8 Å². The van der Waals surface area contributed by atoms with Gasteiger partial charge in [-0.25, -0.2) is 4.79 Å². The molecule has 1 fully saturated rings. The summed E-state index contributed by atoms with van der Waals surface area (Å²) in [6.07, 6.45) is 3.88. The number of ether oxygens (including phenoxy) is 1. The second kappa shape index (κ2) is 8.31. The Morgan fingerprint density at radius 3 is 2.70 bits per heavy atom. The number of anilines is 1. The van der Waals surface area contributed by atoms with Crippen molar-refractivity contribution >= 4 is 11.7 Å². The molecule has 2 amide bonds.